The minimum Gasteiger partial charge on any atom is -0.322 e. The Morgan fingerprint density at radius 1 is 1.14 bits per heavy atom. The first-order valence-electron chi connectivity index (χ1n) is 9.21. The molecule has 2 aromatic carbocycles. The number of nitrogens with zero attached hydrogens (tertiary/aromatic N) is 3. The van der Waals surface area contributed by atoms with E-state index in [4.69, 9.17) is 11.6 Å². The van der Waals surface area contributed by atoms with Gasteiger partial charge in [-0.15, -0.1) is 0 Å². The zero-order chi connectivity index (χ0) is 20.4. The molecule has 0 unspecified atom stereocenters. The van der Waals surface area contributed by atoms with Crippen LogP contribution in [0.15, 0.2) is 47.3 Å². The molecule has 1 aliphatic rings. The number of carbonyl (C=O) groups excluding carboxylic acids is 1. The Balaban J connectivity index is 1.37. The van der Waals surface area contributed by atoms with E-state index in [0.29, 0.717) is 49.5 Å². The van der Waals surface area contributed by atoms with Crippen LogP contribution >= 0.6 is 11.6 Å². The number of halogens is 2. The lowest BCUT2D eigenvalue weighted by Crippen LogP contribution is -2.49. The summed E-state index contributed by atoms with van der Waals surface area (Å²) in [4.78, 5) is 35.7. The fraction of sp³-hybridized carbons (Fsp3) is 0.250. The molecule has 9 heteroatoms. The molecule has 150 valence electrons. The Kier molecular flexibility index (Phi) is 5.46. The number of urea groups is 1. The van der Waals surface area contributed by atoms with Crippen LogP contribution < -0.4 is 10.9 Å². The number of anilines is 1. The molecule has 2 N–H and O–H groups in total. The van der Waals surface area contributed by atoms with E-state index in [1.807, 2.05) is 12.1 Å². The third kappa shape index (κ3) is 4.23. The van der Waals surface area contributed by atoms with Gasteiger partial charge in [-0.3, -0.25) is 9.69 Å². The lowest BCUT2D eigenvalue weighted by atomic mass is 10.2. The Morgan fingerprint density at radius 3 is 2.66 bits per heavy atom. The van der Waals surface area contributed by atoms with Gasteiger partial charge in [0.25, 0.3) is 5.56 Å². The van der Waals surface area contributed by atoms with Crippen LogP contribution in [0.1, 0.15) is 5.82 Å². The molecule has 29 heavy (non-hydrogen) atoms. The molecular formula is C20H19ClFN5O2. The number of H-pyrrole nitrogens is 1. The normalized spacial score (nSPS) is 14.9. The summed E-state index contributed by atoms with van der Waals surface area (Å²) in [6.07, 6.45) is 0. The number of rotatable bonds is 3. The van der Waals surface area contributed by atoms with Crippen molar-refractivity contribution < 1.29 is 9.18 Å². The minimum atomic E-state index is -0.573. The lowest BCUT2D eigenvalue weighted by molar-refractivity contribution is 0.141. The van der Waals surface area contributed by atoms with Gasteiger partial charge in [0.2, 0.25) is 0 Å². The number of piperazine rings is 1. The fourth-order valence-corrected chi connectivity index (χ4v) is 3.54. The molecule has 1 saturated heterocycles. The summed E-state index contributed by atoms with van der Waals surface area (Å²) in [6.45, 7) is 2.63. The maximum Gasteiger partial charge on any atom is 0.322 e. The molecule has 0 spiro atoms. The van der Waals surface area contributed by atoms with Gasteiger partial charge in [-0.05, 0) is 24.3 Å². The summed E-state index contributed by atoms with van der Waals surface area (Å²) < 4.78 is 13.9. The van der Waals surface area contributed by atoms with E-state index < -0.39 is 11.8 Å². The summed E-state index contributed by atoms with van der Waals surface area (Å²) in [7, 11) is 0. The highest BCUT2D eigenvalue weighted by atomic mass is 35.5. The van der Waals surface area contributed by atoms with Crippen molar-refractivity contribution in [3.8, 4) is 0 Å². The molecule has 2 heterocycles. The van der Waals surface area contributed by atoms with Crippen LogP contribution in [0, 0.1) is 5.82 Å². The Hall–Kier alpha value is -2.97. The van der Waals surface area contributed by atoms with Crippen molar-refractivity contribution in [2.45, 2.75) is 6.54 Å². The smallest absolute Gasteiger partial charge is 0.322 e. The molecule has 1 aliphatic heterocycles. The Bertz CT molecular complexity index is 1090. The second kappa shape index (κ2) is 8.18. The van der Waals surface area contributed by atoms with Gasteiger partial charge in [-0.25, -0.2) is 14.2 Å². The molecule has 1 fully saturated rings. The lowest BCUT2D eigenvalue weighted by Gasteiger charge is -2.34. The van der Waals surface area contributed by atoms with Crippen LogP contribution in [-0.4, -0.2) is 52.0 Å². The first-order valence-corrected chi connectivity index (χ1v) is 9.59. The maximum atomic E-state index is 13.9. The predicted molar refractivity (Wildman–Crippen MR) is 110 cm³/mol. The van der Waals surface area contributed by atoms with Crippen molar-refractivity contribution in [1.82, 2.24) is 19.8 Å². The van der Waals surface area contributed by atoms with E-state index in [2.05, 4.69) is 20.2 Å². The van der Waals surface area contributed by atoms with Crippen LogP contribution in [0.4, 0.5) is 14.9 Å². The number of nitrogens with one attached hydrogen (secondary N) is 2. The molecule has 7 nitrogen and oxygen atoms in total. The zero-order valence-electron chi connectivity index (χ0n) is 15.5. The number of benzene rings is 2. The molecule has 0 atom stereocenters. The number of carbonyl (C=O) groups is 1. The van der Waals surface area contributed by atoms with Crippen molar-refractivity contribution in [3.63, 3.8) is 0 Å². The molecule has 0 aliphatic carbocycles. The van der Waals surface area contributed by atoms with Crippen molar-refractivity contribution in [3.05, 3.63) is 69.5 Å². The number of amides is 2. The first kappa shape index (κ1) is 19.4. The van der Waals surface area contributed by atoms with Crippen LogP contribution in [0.3, 0.4) is 0 Å². The summed E-state index contributed by atoms with van der Waals surface area (Å²) in [5, 5.41) is 3.26. The van der Waals surface area contributed by atoms with Gasteiger partial charge < -0.3 is 15.2 Å². The molecule has 0 bridgehead atoms. The van der Waals surface area contributed by atoms with Gasteiger partial charge in [-0.1, -0.05) is 29.8 Å². The van der Waals surface area contributed by atoms with E-state index in [0.717, 1.165) is 0 Å². The Morgan fingerprint density at radius 2 is 1.90 bits per heavy atom. The topological polar surface area (TPSA) is 81.3 Å². The molecule has 0 radical (unpaired) electrons. The third-order valence-electron chi connectivity index (χ3n) is 4.89. The van der Waals surface area contributed by atoms with Gasteiger partial charge in [0.05, 0.1) is 28.2 Å². The Labute approximate surface area is 171 Å². The van der Waals surface area contributed by atoms with Gasteiger partial charge in [0.1, 0.15) is 11.6 Å². The van der Waals surface area contributed by atoms with E-state index in [9.17, 15) is 14.0 Å². The monoisotopic (exact) mass is 415 g/mol. The van der Waals surface area contributed by atoms with Crippen LogP contribution in [0.2, 0.25) is 5.02 Å². The first-order chi connectivity index (χ1) is 14.0. The van der Waals surface area contributed by atoms with Gasteiger partial charge in [0.15, 0.2) is 0 Å². The summed E-state index contributed by atoms with van der Waals surface area (Å²) >= 11 is 5.96. The van der Waals surface area contributed by atoms with Gasteiger partial charge >= 0.3 is 6.03 Å². The van der Waals surface area contributed by atoms with E-state index in [1.165, 1.54) is 18.2 Å². The van der Waals surface area contributed by atoms with Crippen molar-refractivity contribution >= 4 is 34.2 Å². The summed E-state index contributed by atoms with van der Waals surface area (Å²) in [5.74, 6) is 0.0144. The van der Waals surface area contributed by atoms with Gasteiger partial charge in [-0.2, -0.15) is 0 Å². The number of para-hydroxylation sites is 2. The number of hydrogen-bond acceptors (Lipinski definition) is 4. The van der Waals surface area contributed by atoms with E-state index in [1.54, 1.807) is 17.0 Å². The van der Waals surface area contributed by atoms with E-state index in [-0.39, 0.29) is 16.3 Å². The molecular weight excluding hydrogens is 397 g/mol. The highest BCUT2D eigenvalue weighted by molar-refractivity contribution is 6.33. The predicted octanol–water partition coefficient (Wildman–Crippen LogP) is 3.07. The maximum absolute atomic E-state index is 13.9. The summed E-state index contributed by atoms with van der Waals surface area (Å²) in [5.41, 5.74) is 0.482. The minimum absolute atomic E-state index is 0.0143. The second-order valence-electron chi connectivity index (χ2n) is 6.82. The van der Waals surface area contributed by atoms with Crippen LogP contribution in [0.25, 0.3) is 10.9 Å². The quantitative estimate of drug-likeness (QED) is 0.688. The third-order valence-corrected chi connectivity index (χ3v) is 5.20. The van der Waals surface area contributed by atoms with Crippen molar-refractivity contribution in [2.24, 2.45) is 0 Å². The number of hydrogen-bond donors (Lipinski definition) is 2. The number of aromatic amines is 1. The van der Waals surface area contributed by atoms with Crippen molar-refractivity contribution in [2.75, 3.05) is 31.5 Å². The van der Waals surface area contributed by atoms with Crippen LogP contribution in [0.5, 0.6) is 0 Å². The summed E-state index contributed by atoms with van der Waals surface area (Å²) in [6, 6.07) is 11.1. The van der Waals surface area contributed by atoms with E-state index >= 15 is 0 Å². The molecule has 1 aromatic heterocycles. The average molecular weight is 416 g/mol. The SMILES string of the molecule is O=C(Nc1c(F)cccc1Cl)N1CCN(Cc2nc3ccccc3c(=O)[nH]2)CC1. The average Bonchev–Trinajstić information content (AvgIpc) is 2.71. The molecule has 0 saturated carbocycles. The number of aromatic nitrogens is 2. The second-order valence-corrected chi connectivity index (χ2v) is 7.23. The highest BCUT2D eigenvalue weighted by Crippen LogP contribution is 2.25. The zero-order valence-corrected chi connectivity index (χ0v) is 16.2. The fourth-order valence-electron chi connectivity index (χ4n) is 3.33. The highest BCUT2D eigenvalue weighted by Gasteiger charge is 2.23. The van der Waals surface area contributed by atoms with Gasteiger partial charge in [0, 0.05) is 26.2 Å². The molecule has 2 amide bonds. The molecule has 3 aromatic rings. The van der Waals surface area contributed by atoms with Crippen LogP contribution in [-0.2, 0) is 6.54 Å². The molecule has 4 rings (SSSR count). The standard InChI is InChI=1S/C20H19ClFN5O2/c21-14-5-3-6-15(22)18(14)25-20(29)27-10-8-26(9-11-27)12-17-23-16-7-2-1-4-13(16)19(28)24-17/h1-7H,8-12H2,(H,25,29)(H,23,24,28). The number of fused-ring (bicyclic) bond motifs is 1. The largest absolute Gasteiger partial charge is 0.322 e. The van der Waals surface area contributed by atoms with Crippen molar-refractivity contribution in [1.29, 1.82) is 0 Å².